The van der Waals surface area contributed by atoms with Crippen LogP contribution in [0.4, 0.5) is 0 Å². The normalized spacial score (nSPS) is 10.1. The Morgan fingerprint density at radius 3 is 2.32 bits per heavy atom. The summed E-state index contributed by atoms with van der Waals surface area (Å²) in [7, 11) is 3.36. The maximum Gasteiger partial charge on any atom is 0.254 e. The second kappa shape index (κ2) is 7.31. The third-order valence-corrected chi connectivity index (χ3v) is 3.07. The van der Waals surface area contributed by atoms with E-state index >= 15 is 0 Å². The summed E-state index contributed by atoms with van der Waals surface area (Å²) < 4.78 is 0. The molecule has 0 aliphatic heterocycles. The Balaban J connectivity index is 1.93. The molecule has 0 radical (unpaired) electrons. The quantitative estimate of drug-likeness (QED) is 0.904. The minimum Gasteiger partial charge on any atom is -0.351 e. The lowest BCUT2D eigenvalue weighted by molar-refractivity contribution is -0.128. The van der Waals surface area contributed by atoms with Gasteiger partial charge in [-0.15, -0.1) is 0 Å². The molecule has 1 aromatic carbocycles. The monoisotopic (exact) mass is 298 g/mol. The zero-order valence-corrected chi connectivity index (χ0v) is 12.6. The van der Waals surface area contributed by atoms with Crippen molar-refractivity contribution in [3.05, 3.63) is 48.3 Å². The van der Waals surface area contributed by atoms with Crippen molar-refractivity contribution in [2.45, 2.75) is 6.42 Å². The van der Waals surface area contributed by atoms with Crippen molar-refractivity contribution in [3.8, 4) is 11.4 Å². The molecule has 0 unspecified atom stereocenters. The number of hydrogen-bond acceptors (Lipinski definition) is 4. The molecule has 0 fully saturated rings. The lowest BCUT2D eigenvalue weighted by Gasteiger charge is -2.10. The van der Waals surface area contributed by atoms with Gasteiger partial charge in [-0.3, -0.25) is 9.59 Å². The summed E-state index contributed by atoms with van der Waals surface area (Å²) in [6, 6.07) is 9.53. The fourth-order valence-electron chi connectivity index (χ4n) is 1.79. The van der Waals surface area contributed by atoms with Crippen LogP contribution in [0.1, 0.15) is 16.8 Å². The Morgan fingerprint density at radius 1 is 1.09 bits per heavy atom. The Labute approximate surface area is 129 Å². The van der Waals surface area contributed by atoms with Gasteiger partial charge in [0.2, 0.25) is 5.91 Å². The summed E-state index contributed by atoms with van der Waals surface area (Å²) in [5.74, 6) is 0.252. The highest BCUT2D eigenvalue weighted by atomic mass is 16.2. The van der Waals surface area contributed by atoms with Crippen LogP contribution in [0.25, 0.3) is 11.4 Å². The lowest BCUT2D eigenvalue weighted by atomic mass is 10.2. The van der Waals surface area contributed by atoms with E-state index in [1.807, 2.05) is 30.3 Å². The standard InChI is InChI=1S/C16H18N4O2/c1-20(2)14(21)8-9-17-16(22)13-10-18-15(19-11-13)12-6-4-3-5-7-12/h3-7,10-11H,8-9H2,1-2H3,(H,17,22). The van der Waals surface area contributed by atoms with E-state index in [4.69, 9.17) is 0 Å². The van der Waals surface area contributed by atoms with Crippen LogP contribution in [0, 0.1) is 0 Å². The average Bonchev–Trinajstić information content (AvgIpc) is 2.55. The highest BCUT2D eigenvalue weighted by molar-refractivity contribution is 5.93. The van der Waals surface area contributed by atoms with Gasteiger partial charge in [-0.05, 0) is 0 Å². The van der Waals surface area contributed by atoms with E-state index in [1.54, 1.807) is 14.1 Å². The van der Waals surface area contributed by atoms with Gasteiger partial charge < -0.3 is 10.2 Å². The molecule has 2 aromatic rings. The minimum atomic E-state index is -0.286. The highest BCUT2D eigenvalue weighted by Crippen LogP contribution is 2.13. The number of carbonyl (C=O) groups excluding carboxylic acids is 2. The Morgan fingerprint density at radius 2 is 1.73 bits per heavy atom. The van der Waals surface area contributed by atoms with Gasteiger partial charge in [0.25, 0.3) is 5.91 Å². The number of nitrogens with zero attached hydrogens (tertiary/aromatic N) is 3. The van der Waals surface area contributed by atoms with Gasteiger partial charge in [0.05, 0.1) is 5.56 Å². The van der Waals surface area contributed by atoms with Gasteiger partial charge in [-0.2, -0.15) is 0 Å². The van der Waals surface area contributed by atoms with Gasteiger partial charge in [0.15, 0.2) is 5.82 Å². The fourth-order valence-corrected chi connectivity index (χ4v) is 1.79. The number of benzene rings is 1. The number of nitrogens with one attached hydrogen (secondary N) is 1. The Bertz CT molecular complexity index is 639. The first-order valence-electron chi connectivity index (χ1n) is 6.94. The molecule has 1 aromatic heterocycles. The summed E-state index contributed by atoms with van der Waals surface area (Å²) >= 11 is 0. The van der Waals surface area contributed by atoms with Crippen molar-refractivity contribution in [1.29, 1.82) is 0 Å². The average molecular weight is 298 g/mol. The van der Waals surface area contributed by atoms with Crippen LogP contribution in [-0.2, 0) is 4.79 Å². The van der Waals surface area contributed by atoms with Crippen molar-refractivity contribution in [1.82, 2.24) is 20.2 Å². The summed E-state index contributed by atoms with van der Waals surface area (Å²) in [5.41, 5.74) is 1.27. The smallest absolute Gasteiger partial charge is 0.254 e. The van der Waals surface area contributed by atoms with E-state index in [-0.39, 0.29) is 24.8 Å². The molecule has 1 N–H and O–H groups in total. The molecule has 6 heteroatoms. The van der Waals surface area contributed by atoms with E-state index in [0.717, 1.165) is 5.56 Å². The van der Waals surface area contributed by atoms with Gasteiger partial charge in [0, 0.05) is 45.0 Å². The Kier molecular flexibility index (Phi) is 5.19. The predicted octanol–water partition coefficient (Wildman–Crippen LogP) is 1.35. The van der Waals surface area contributed by atoms with Crippen molar-refractivity contribution in [3.63, 3.8) is 0 Å². The molecule has 2 amide bonds. The maximum absolute atomic E-state index is 11.9. The molecule has 6 nitrogen and oxygen atoms in total. The fraction of sp³-hybridized carbons (Fsp3) is 0.250. The van der Waals surface area contributed by atoms with E-state index in [0.29, 0.717) is 11.4 Å². The number of carbonyl (C=O) groups is 2. The number of hydrogen-bond donors (Lipinski definition) is 1. The van der Waals surface area contributed by atoms with E-state index in [1.165, 1.54) is 17.3 Å². The Hall–Kier alpha value is -2.76. The van der Waals surface area contributed by atoms with Gasteiger partial charge in [-0.25, -0.2) is 9.97 Å². The molecular formula is C16H18N4O2. The van der Waals surface area contributed by atoms with Gasteiger partial charge in [0.1, 0.15) is 0 Å². The third-order valence-electron chi connectivity index (χ3n) is 3.07. The van der Waals surface area contributed by atoms with E-state index in [9.17, 15) is 9.59 Å². The molecule has 0 saturated carbocycles. The molecule has 22 heavy (non-hydrogen) atoms. The number of rotatable bonds is 5. The summed E-state index contributed by atoms with van der Waals surface area (Å²) in [6.45, 7) is 0.288. The largest absolute Gasteiger partial charge is 0.351 e. The molecule has 114 valence electrons. The number of aromatic nitrogens is 2. The molecule has 0 bridgehead atoms. The maximum atomic E-state index is 11.9. The first-order chi connectivity index (χ1) is 10.6. The van der Waals surface area contributed by atoms with Crippen LogP contribution in [0.5, 0.6) is 0 Å². The zero-order chi connectivity index (χ0) is 15.9. The van der Waals surface area contributed by atoms with Crippen molar-refractivity contribution < 1.29 is 9.59 Å². The third kappa shape index (κ3) is 4.12. The molecule has 0 aliphatic carbocycles. The van der Waals surface area contributed by atoms with Crippen LogP contribution in [-0.4, -0.2) is 47.3 Å². The summed E-state index contributed by atoms with van der Waals surface area (Å²) in [6.07, 6.45) is 3.23. The molecule has 0 spiro atoms. The lowest BCUT2D eigenvalue weighted by Crippen LogP contribution is -2.30. The zero-order valence-electron chi connectivity index (χ0n) is 12.6. The first kappa shape index (κ1) is 15.6. The van der Waals surface area contributed by atoms with Crippen molar-refractivity contribution in [2.75, 3.05) is 20.6 Å². The van der Waals surface area contributed by atoms with E-state index in [2.05, 4.69) is 15.3 Å². The topological polar surface area (TPSA) is 75.2 Å². The van der Waals surface area contributed by atoms with Gasteiger partial charge in [-0.1, -0.05) is 30.3 Å². The van der Waals surface area contributed by atoms with Crippen molar-refractivity contribution in [2.24, 2.45) is 0 Å². The number of amides is 2. The van der Waals surface area contributed by atoms with Crippen LogP contribution >= 0.6 is 0 Å². The van der Waals surface area contributed by atoms with Crippen LogP contribution < -0.4 is 5.32 Å². The predicted molar refractivity (Wildman–Crippen MR) is 83.1 cm³/mol. The second-order valence-electron chi connectivity index (χ2n) is 4.96. The van der Waals surface area contributed by atoms with E-state index < -0.39 is 0 Å². The van der Waals surface area contributed by atoms with Crippen LogP contribution in [0.15, 0.2) is 42.7 Å². The van der Waals surface area contributed by atoms with Crippen LogP contribution in [0.3, 0.4) is 0 Å². The molecule has 0 saturated heterocycles. The highest BCUT2D eigenvalue weighted by Gasteiger charge is 2.09. The molecule has 2 rings (SSSR count). The second-order valence-corrected chi connectivity index (χ2v) is 4.96. The minimum absolute atomic E-state index is 0.0315. The van der Waals surface area contributed by atoms with Gasteiger partial charge >= 0.3 is 0 Å². The SMILES string of the molecule is CN(C)C(=O)CCNC(=O)c1cnc(-c2ccccc2)nc1. The van der Waals surface area contributed by atoms with Crippen molar-refractivity contribution >= 4 is 11.8 Å². The molecule has 0 aliphatic rings. The molecule has 1 heterocycles. The molecule has 0 atom stereocenters. The summed E-state index contributed by atoms with van der Waals surface area (Å²) in [4.78, 5) is 33.2. The first-order valence-corrected chi connectivity index (χ1v) is 6.94. The molecular weight excluding hydrogens is 280 g/mol. The summed E-state index contributed by atoms with van der Waals surface area (Å²) in [5, 5.41) is 2.68. The van der Waals surface area contributed by atoms with Crippen LogP contribution in [0.2, 0.25) is 0 Å².